The number of hydrogen-bond acceptors (Lipinski definition) is 1. The predicted octanol–water partition coefficient (Wildman–Crippen LogP) is 3.24. The van der Waals surface area contributed by atoms with E-state index in [9.17, 15) is 9.18 Å². The molecule has 1 amide bonds. The fourth-order valence-electron chi connectivity index (χ4n) is 1.34. The first-order valence-electron chi connectivity index (χ1n) is 4.95. The molecule has 2 nitrogen and oxygen atoms in total. The van der Waals surface area contributed by atoms with E-state index in [-0.39, 0.29) is 11.7 Å². The van der Waals surface area contributed by atoms with Crippen LogP contribution in [-0.2, 0) is 0 Å². The summed E-state index contributed by atoms with van der Waals surface area (Å²) in [6.07, 6.45) is 1.67. The van der Waals surface area contributed by atoms with E-state index in [4.69, 9.17) is 0 Å². The van der Waals surface area contributed by atoms with Crippen molar-refractivity contribution >= 4 is 21.8 Å². The van der Waals surface area contributed by atoms with Crippen molar-refractivity contribution in [2.24, 2.45) is 0 Å². The van der Waals surface area contributed by atoms with E-state index in [0.29, 0.717) is 23.1 Å². The Morgan fingerprint density at radius 2 is 2.31 bits per heavy atom. The van der Waals surface area contributed by atoms with Crippen LogP contribution in [0.4, 0.5) is 4.39 Å². The van der Waals surface area contributed by atoms with Crippen LogP contribution in [0.1, 0.15) is 17.3 Å². The van der Waals surface area contributed by atoms with Gasteiger partial charge in [-0.2, -0.15) is 0 Å². The molecule has 0 fully saturated rings. The summed E-state index contributed by atoms with van der Waals surface area (Å²) in [5.74, 6) is -0.496. The van der Waals surface area contributed by atoms with Crippen molar-refractivity contribution in [2.45, 2.75) is 6.92 Å². The number of carbonyl (C=O) groups excluding carboxylic acids is 1. The van der Waals surface area contributed by atoms with E-state index in [1.165, 1.54) is 18.2 Å². The van der Waals surface area contributed by atoms with Crippen LogP contribution in [0.3, 0.4) is 0 Å². The third kappa shape index (κ3) is 2.92. The molecule has 0 N–H and O–H groups in total. The SMILES string of the molecule is C=CCN(CC)C(=O)c1ccc(F)cc1Br. The molecule has 86 valence electrons. The quantitative estimate of drug-likeness (QED) is 0.778. The average molecular weight is 286 g/mol. The number of nitrogens with zero attached hydrogens (tertiary/aromatic N) is 1. The van der Waals surface area contributed by atoms with Gasteiger partial charge in [0.05, 0.1) is 5.56 Å². The Morgan fingerprint density at radius 1 is 1.62 bits per heavy atom. The molecule has 1 rings (SSSR count). The zero-order valence-electron chi connectivity index (χ0n) is 9.04. The van der Waals surface area contributed by atoms with Gasteiger partial charge in [0, 0.05) is 17.6 Å². The van der Waals surface area contributed by atoms with Gasteiger partial charge in [0.15, 0.2) is 0 Å². The van der Waals surface area contributed by atoms with E-state index >= 15 is 0 Å². The minimum atomic E-state index is -0.366. The van der Waals surface area contributed by atoms with E-state index in [0.717, 1.165) is 0 Å². The summed E-state index contributed by atoms with van der Waals surface area (Å²) in [6, 6.07) is 4.04. The monoisotopic (exact) mass is 285 g/mol. The second kappa shape index (κ2) is 5.80. The molecular weight excluding hydrogens is 273 g/mol. The summed E-state index contributed by atoms with van der Waals surface area (Å²) in [5.41, 5.74) is 0.463. The normalized spacial score (nSPS) is 9.94. The number of likely N-dealkylation sites (N-methyl/N-ethyl adjacent to an activating group) is 1. The van der Waals surface area contributed by atoms with Gasteiger partial charge in [-0.1, -0.05) is 6.08 Å². The summed E-state index contributed by atoms with van der Waals surface area (Å²) in [6.45, 7) is 6.56. The molecule has 0 atom stereocenters. The van der Waals surface area contributed by atoms with Crippen molar-refractivity contribution in [2.75, 3.05) is 13.1 Å². The third-order valence-corrected chi connectivity index (χ3v) is 2.84. The summed E-state index contributed by atoms with van der Waals surface area (Å²) in [4.78, 5) is 13.7. The Bertz CT molecular complexity index is 406. The molecule has 4 heteroatoms. The molecule has 0 aliphatic rings. The number of amides is 1. The first-order valence-corrected chi connectivity index (χ1v) is 5.74. The van der Waals surface area contributed by atoms with Crippen LogP contribution in [0.25, 0.3) is 0 Å². The summed E-state index contributed by atoms with van der Waals surface area (Å²) < 4.78 is 13.3. The van der Waals surface area contributed by atoms with Crippen LogP contribution in [0, 0.1) is 5.82 Å². The van der Waals surface area contributed by atoms with Gasteiger partial charge in [-0.25, -0.2) is 4.39 Å². The number of carbonyl (C=O) groups is 1. The lowest BCUT2D eigenvalue weighted by Gasteiger charge is -2.19. The van der Waals surface area contributed by atoms with Crippen LogP contribution < -0.4 is 0 Å². The van der Waals surface area contributed by atoms with Gasteiger partial charge in [0.1, 0.15) is 5.82 Å². The number of benzene rings is 1. The van der Waals surface area contributed by atoms with Crippen molar-refractivity contribution in [1.82, 2.24) is 4.90 Å². The fraction of sp³-hybridized carbons (Fsp3) is 0.250. The Morgan fingerprint density at radius 3 is 2.81 bits per heavy atom. The molecular formula is C12H13BrFNO. The minimum Gasteiger partial charge on any atom is -0.335 e. The van der Waals surface area contributed by atoms with Gasteiger partial charge in [0.25, 0.3) is 5.91 Å². The van der Waals surface area contributed by atoms with Crippen molar-refractivity contribution in [3.8, 4) is 0 Å². The summed E-state index contributed by atoms with van der Waals surface area (Å²) in [5, 5.41) is 0. The maximum Gasteiger partial charge on any atom is 0.255 e. The number of hydrogen-bond donors (Lipinski definition) is 0. The highest BCUT2D eigenvalue weighted by Crippen LogP contribution is 2.19. The van der Waals surface area contributed by atoms with Crippen LogP contribution in [0.2, 0.25) is 0 Å². The third-order valence-electron chi connectivity index (χ3n) is 2.18. The Hall–Kier alpha value is -1.16. The highest BCUT2D eigenvalue weighted by atomic mass is 79.9. The molecule has 0 aromatic heterocycles. The van der Waals surface area contributed by atoms with Gasteiger partial charge in [-0.05, 0) is 41.1 Å². The molecule has 0 unspecified atom stereocenters. The lowest BCUT2D eigenvalue weighted by molar-refractivity contribution is 0.0781. The van der Waals surface area contributed by atoms with E-state index in [1.807, 2.05) is 6.92 Å². The highest BCUT2D eigenvalue weighted by molar-refractivity contribution is 9.10. The first-order chi connectivity index (χ1) is 7.60. The molecule has 0 spiro atoms. The summed E-state index contributed by atoms with van der Waals surface area (Å²) in [7, 11) is 0. The van der Waals surface area contributed by atoms with Gasteiger partial charge in [0.2, 0.25) is 0 Å². The standard InChI is InChI=1S/C12H13BrFNO/c1-3-7-15(4-2)12(16)10-6-5-9(14)8-11(10)13/h3,5-6,8H,1,4,7H2,2H3. The van der Waals surface area contributed by atoms with Crippen molar-refractivity contribution in [1.29, 1.82) is 0 Å². The number of rotatable bonds is 4. The molecule has 0 heterocycles. The Labute approximate surface area is 103 Å². The maximum absolute atomic E-state index is 12.9. The number of halogens is 2. The second-order valence-corrected chi connectivity index (χ2v) is 4.11. The van der Waals surface area contributed by atoms with E-state index in [1.54, 1.807) is 11.0 Å². The lowest BCUT2D eigenvalue weighted by atomic mass is 10.2. The zero-order valence-corrected chi connectivity index (χ0v) is 10.6. The minimum absolute atomic E-state index is 0.130. The van der Waals surface area contributed by atoms with Gasteiger partial charge < -0.3 is 4.90 Å². The van der Waals surface area contributed by atoms with Crippen LogP contribution in [0.5, 0.6) is 0 Å². The molecule has 0 aliphatic heterocycles. The van der Waals surface area contributed by atoms with Crippen molar-refractivity contribution in [3.63, 3.8) is 0 Å². The van der Waals surface area contributed by atoms with Gasteiger partial charge in [-0.15, -0.1) is 6.58 Å². The first kappa shape index (κ1) is 12.9. The highest BCUT2D eigenvalue weighted by Gasteiger charge is 2.15. The van der Waals surface area contributed by atoms with Crippen LogP contribution in [0.15, 0.2) is 35.3 Å². The smallest absolute Gasteiger partial charge is 0.255 e. The molecule has 0 saturated heterocycles. The Balaban J connectivity index is 2.98. The van der Waals surface area contributed by atoms with Crippen LogP contribution >= 0.6 is 15.9 Å². The molecule has 1 aromatic carbocycles. The van der Waals surface area contributed by atoms with Gasteiger partial charge >= 0.3 is 0 Å². The maximum atomic E-state index is 12.9. The Kier molecular flexibility index (Phi) is 4.68. The molecule has 1 aromatic rings. The van der Waals surface area contributed by atoms with Crippen molar-refractivity contribution in [3.05, 3.63) is 46.7 Å². The largest absolute Gasteiger partial charge is 0.335 e. The fourth-order valence-corrected chi connectivity index (χ4v) is 1.87. The van der Waals surface area contributed by atoms with Crippen molar-refractivity contribution < 1.29 is 9.18 Å². The average Bonchev–Trinajstić information content (AvgIpc) is 2.25. The van der Waals surface area contributed by atoms with Gasteiger partial charge in [-0.3, -0.25) is 4.79 Å². The molecule has 0 saturated carbocycles. The molecule has 16 heavy (non-hydrogen) atoms. The van der Waals surface area contributed by atoms with E-state index in [2.05, 4.69) is 22.5 Å². The summed E-state index contributed by atoms with van der Waals surface area (Å²) >= 11 is 3.18. The topological polar surface area (TPSA) is 20.3 Å². The molecule has 0 radical (unpaired) electrons. The lowest BCUT2D eigenvalue weighted by Crippen LogP contribution is -2.31. The predicted molar refractivity (Wildman–Crippen MR) is 65.9 cm³/mol. The molecule has 0 bridgehead atoms. The van der Waals surface area contributed by atoms with Crippen LogP contribution in [-0.4, -0.2) is 23.9 Å². The zero-order chi connectivity index (χ0) is 12.1. The van der Waals surface area contributed by atoms with E-state index < -0.39 is 0 Å². The second-order valence-electron chi connectivity index (χ2n) is 3.26. The molecule has 0 aliphatic carbocycles.